The molecule has 0 N–H and O–H groups in total. The number of benzene rings is 2. The third-order valence-electron chi connectivity index (χ3n) is 9.92. The van der Waals surface area contributed by atoms with Crippen LogP contribution in [-0.2, 0) is 14.3 Å². The van der Waals surface area contributed by atoms with Gasteiger partial charge in [0.15, 0.2) is 23.0 Å². The molecule has 0 radical (unpaired) electrons. The van der Waals surface area contributed by atoms with Crippen LogP contribution in [-0.4, -0.2) is 75.7 Å². The van der Waals surface area contributed by atoms with Crippen LogP contribution in [0.1, 0.15) is 144 Å². The van der Waals surface area contributed by atoms with E-state index in [-0.39, 0.29) is 31.1 Å². The summed E-state index contributed by atoms with van der Waals surface area (Å²) in [5.74, 6) is 2.55. The molecular formula is C46H75NO7. The van der Waals surface area contributed by atoms with E-state index in [0.717, 1.165) is 38.8 Å². The molecule has 0 atom stereocenters. The molecule has 54 heavy (non-hydrogen) atoms. The highest BCUT2D eigenvalue weighted by molar-refractivity contribution is 5.77. The Kier molecular flexibility index (Phi) is 22.5. The Balaban J connectivity index is 1.79. The maximum Gasteiger partial charge on any atom is 0.248 e. The Morgan fingerprint density at radius 2 is 0.981 bits per heavy atom. The lowest BCUT2D eigenvalue weighted by Gasteiger charge is -2.38. The van der Waals surface area contributed by atoms with Crippen molar-refractivity contribution in [3.8, 4) is 23.0 Å². The largest absolute Gasteiger partial charge is 0.487 e. The van der Waals surface area contributed by atoms with E-state index in [4.69, 9.17) is 28.4 Å². The monoisotopic (exact) mass is 754 g/mol. The third-order valence-corrected chi connectivity index (χ3v) is 9.92. The quantitative estimate of drug-likeness (QED) is 0.111. The van der Waals surface area contributed by atoms with E-state index in [9.17, 15) is 4.79 Å². The molecule has 0 saturated heterocycles. The van der Waals surface area contributed by atoms with Gasteiger partial charge in [-0.25, -0.2) is 0 Å². The first kappa shape index (κ1) is 45.4. The number of ether oxygens (including phenoxy) is 6. The Morgan fingerprint density at radius 1 is 0.593 bits per heavy atom. The number of carbonyl (C=O) groups excluding carboxylic acids is 1. The predicted molar refractivity (Wildman–Crippen MR) is 220 cm³/mol. The second-order valence-corrected chi connectivity index (χ2v) is 16.3. The van der Waals surface area contributed by atoms with Crippen LogP contribution >= 0.6 is 0 Å². The minimum Gasteiger partial charge on any atom is -0.487 e. The maximum atomic E-state index is 14.2. The summed E-state index contributed by atoms with van der Waals surface area (Å²) in [7, 11) is 0. The number of unbranched alkanes of at least 4 members (excludes halogenated alkanes) is 14. The summed E-state index contributed by atoms with van der Waals surface area (Å²) >= 11 is 0. The number of amides is 1. The lowest BCUT2D eigenvalue weighted by atomic mass is 9.82. The molecule has 8 nitrogen and oxygen atoms in total. The van der Waals surface area contributed by atoms with Gasteiger partial charge in [0, 0.05) is 13.1 Å². The molecule has 0 aliphatic carbocycles. The number of para-hydroxylation sites is 4. The molecule has 1 amide bonds. The second-order valence-electron chi connectivity index (χ2n) is 16.3. The molecule has 2 aromatic carbocycles. The van der Waals surface area contributed by atoms with Crippen LogP contribution in [0.3, 0.4) is 0 Å². The number of hydrogen-bond donors (Lipinski definition) is 0. The van der Waals surface area contributed by atoms with Crippen LogP contribution in [0.4, 0.5) is 0 Å². The fourth-order valence-corrected chi connectivity index (χ4v) is 7.10. The van der Waals surface area contributed by atoms with Gasteiger partial charge in [0.2, 0.25) is 5.91 Å². The molecule has 0 fully saturated rings. The Hall–Kier alpha value is -2.97. The average Bonchev–Trinajstić information content (AvgIpc) is 3.16. The van der Waals surface area contributed by atoms with Crippen molar-refractivity contribution in [3.63, 3.8) is 0 Å². The minimum absolute atomic E-state index is 0.0359. The van der Waals surface area contributed by atoms with Gasteiger partial charge in [-0.1, -0.05) is 149 Å². The first-order valence-electron chi connectivity index (χ1n) is 21.4. The number of nitrogens with zero attached hydrogens (tertiary/aromatic N) is 1. The smallest absolute Gasteiger partial charge is 0.248 e. The zero-order valence-electron chi connectivity index (χ0n) is 34.8. The molecular weight excluding hydrogens is 679 g/mol. The van der Waals surface area contributed by atoms with E-state index in [1.54, 1.807) is 0 Å². The van der Waals surface area contributed by atoms with Gasteiger partial charge in [-0.05, 0) is 48.9 Å². The molecule has 0 spiro atoms. The highest BCUT2D eigenvalue weighted by atomic mass is 16.6. The first-order chi connectivity index (χ1) is 26.3. The van der Waals surface area contributed by atoms with Gasteiger partial charge in [0.25, 0.3) is 0 Å². The van der Waals surface area contributed by atoms with Crippen LogP contribution < -0.4 is 18.9 Å². The van der Waals surface area contributed by atoms with Crippen LogP contribution in [0.25, 0.3) is 0 Å². The van der Waals surface area contributed by atoms with Crippen molar-refractivity contribution in [2.24, 2.45) is 5.41 Å². The van der Waals surface area contributed by atoms with Crippen molar-refractivity contribution in [1.82, 2.24) is 4.90 Å². The van der Waals surface area contributed by atoms with E-state index in [2.05, 4.69) is 39.5 Å². The summed E-state index contributed by atoms with van der Waals surface area (Å²) in [6, 6.07) is 15.4. The zero-order valence-corrected chi connectivity index (χ0v) is 34.8. The van der Waals surface area contributed by atoms with E-state index >= 15 is 0 Å². The molecule has 0 saturated carbocycles. The number of hydrogen-bond acceptors (Lipinski definition) is 7. The van der Waals surface area contributed by atoms with Crippen molar-refractivity contribution >= 4 is 5.91 Å². The molecule has 0 unspecified atom stereocenters. The fourth-order valence-electron chi connectivity index (χ4n) is 7.10. The fraction of sp³-hybridized carbons (Fsp3) is 0.717. The molecule has 1 heterocycles. The zero-order chi connectivity index (χ0) is 38.7. The van der Waals surface area contributed by atoms with Gasteiger partial charge in [-0.15, -0.1) is 0 Å². The Bertz CT molecular complexity index is 1190. The van der Waals surface area contributed by atoms with Crippen molar-refractivity contribution in [2.45, 2.75) is 149 Å². The molecule has 2 aromatic rings. The standard InChI is InChI=1S/C46H75NO7/c1-6-8-10-12-14-16-18-24-30-47(31-25-19-17-15-13-11-9-7-2)44(48)36-54-46(37-45(3,4)5)38-52-42-28-22-20-26-40(42)50-34-32-49-33-35-51-41-27-21-23-29-43(41)53-39-46/h20-23,26-29H,6-19,24-25,30-39H2,1-5H3. The summed E-state index contributed by atoms with van der Waals surface area (Å²) < 4.78 is 37.9. The molecule has 0 bridgehead atoms. The van der Waals surface area contributed by atoms with E-state index in [0.29, 0.717) is 55.8 Å². The second kappa shape index (κ2) is 26.8. The van der Waals surface area contributed by atoms with Crippen molar-refractivity contribution in [3.05, 3.63) is 48.5 Å². The van der Waals surface area contributed by atoms with Gasteiger partial charge in [-0.2, -0.15) is 0 Å². The molecule has 3 rings (SSSR count). The lowest BCUT2D eigenvalue weighted by Crippen LogP contribution is -2.50. The summed E-state index contributed by atoms with van der Waals surface area (Å²) in [5, 5.41) is 0. The van der Waals surface area contributed by atoms with Gasteiger partial charge >= 0.3 is 0 Å². The molecule has 1 aliphatic heterocycles. The molecule has 306 valence electrons. The maximum absolute atomic E-state index is 14.2. The van der Waals surface area contributed by atoms with Crippen molar-refractivity contribution in [2.75, 3.05) is 59.3 Å². The van der Waals surface area contributed by atoms with Crippen molar-refractivity contribution < 1.29 is 33.2 Å². The third kappa shape index (κ3) is 19.1. The number of fused-ring (bicyclic) bond motifs is 2. The van der Waals surface area contributed by atoms with Gasteiger partial charge in [0.1, 0.15) is 38.6 Å². The average molecular weight is 754 g/mol. The Labute approximate surface area is 328 Å². The summed E-state index contributed by atoms with van der Waals surface area (Å²) in [6.07, 6.45) is 20.4. The summed E-state index contributed by atoms with van der Waals surface area (Å²) in [4.78, 5) is 16.2. The predicted octanol–water partition coefficient (Wildman–Crippen LogP) is 11.2. The lowest BCUT2D eigenvalue weighted by molar-refractivity contribution is -0.154. The summed E-state index contributed by atoms with van der Waals surface area (Å²) in [6.45, 7) is 14.5. The van der Waals surface area contributed by atoms with Gasteiger partial charge < -0.3 is 33.3 Å². The van der Waals surface area contributed by atoms with Crippen LogP contribution in [0.2, 0.25) is 0 Å². The van der Waals surface area contributed by atoms with Gasteiger partial charge in [0.05, 0.1) is 13.2 Å². The summed E-state index contributed by atoms with van der Waals surface area (Å²) in [5.41, 5.74) is -1.11. The normalized spacial score (nSPS) is 15.1. The van der Waals surface area contributed by atoms with Crippen LogP contribution in [0.15, 0.2) is 48.5 Å². The minimum atomic E-state index is -0.947. The van der Waals surface area contributed by atoms with Crippen LogP contribution in [0, 0.1) is 5.41 Å². The van der Waals surface area contributed by atoms with Gasteiger partial charge in [-0.3, -0.25) is 4.79 Å². The Morgan fingerprint density at radius 3 is 1.39 bits per heavy atom. The highest BCUT2D eigenvalue weighted by Crippen LogP contribution is 2.35. The number of carbonyl (C=O) groups is 1. The SMILES string of the molecule is CCCCCCCCCCN(CCCCCCCCCC)C(=O)COC1(CC(C)(C)C)COc2ccccc2OCCOCCOc2ccccc2OC1. The first-order valence-corrected chi connectivity index (χ1v) is 21.4. The van der Waals surface area contributed by atoms with E-state index < -0.39 is 5.60 Å². The van der Waals surface area contributed by atoms with E-state index in [1.807, 2.05) is 48.5 Å². The molecule has 1 aliphatic rings. The number of rotatable bonds is 22. The van der Waals surface area contributed by atoms with Crippen molar-refractivity contribution in [1.29, 1.82) is 0 Å². The topological polar surface area (TPSA) is 75.7 Å². The van der Waals surface area contributed by atoms with E-state index in [1.165, 1.54) is 77.0 Å². The molecule has 8 heteroatoms. The molecule has 0 aromatic heterocycles. The highest BCUT2D eigenvalue weighted by Gasteiger charge is 2.39. The van der Waals surface area contributed by atoms with Crippen LogP contribution in [0.5, 0.6) is 23.0 Å².